The molecule has 2 aliphatic rings. The summed E-state index contributed by atoms with van der Waals surface area (Å²) in [6.45, 7) is 7.16. The third-order valence-corrected chi connectivity index (χ3v) is 5.57. The predicted octanol–water partition coefficient (Wildman–Crippen LogP) is 3.34. The van der Waals surface area contributed by atoms with Crippen LogP contribution >= 0.6 is 0 Å². The van der Waals surface area contributed by atoms with Gasteiger partial charge >= 0.3 is 6.09 Å². The van der Waals surface area contributed by atoms with E-state index in [4.69, 9.17) is 19.2 Å². The number of fused-ring (bicyclic) bond motifs is 1. The second-order valence-electron chi connectivity index (χ2n) is 8.29. The van der Waals surface area contributed by atoms with Gasteiger partial charge in [0, 0.05) is 32.0 Å². The van der Waals surface area contributed by atoms with Crippen LogP contribution in [0.15, 0.2) is 24.4 Å². The summed E-state index contributed by atoms with van der Waals surface area (Å²) in [5.74, 6) is 1.77. The molecule has 0 atom stereocenters. The van der Waals surface area contributed by atoms with Gasteiger partial charge in [-0.05, 0) is 38.5 Å². The molecule has 9 heteroatoms. The second kappa shape index (κ2) is 9.02. The summed E-state index contributed by atoms with van der Waals surface area (Å²) in [6.07, 6.45) is 2.53. The van der Waals surface area contributed by atoms with Crippen LogP contribution in [0.4, 0.5) is 10.6 Å². The number of carbonyl (C=O) groups excluding carboxylic acids is 2. The molecule has 9 nitrogen and oxygen atoms in total. The predicted molar refractivity (Wildman–Crippen MR) is 117 cm³/mol. The number of carbonyl (C=O) groups is 2. The topological polar surface area (TPSA) is 94.1 Å². The van der Waals surface area contributed by atoms with E-state index in [1.807, 2.05) is 19.1 Å². The van der Waals surface area contributed by atoms with Crippen molar-refractivity contribution >= 4 is 17.8 Å². The first-order valence-electron chi connectivity index (χ1n) is 10.8. The van der Waals surface area contributed by atoms with Crippen LogP contribution in [0.2, 0.25) is 0 Å². The molecule has 32 heavy (non-hydrogen) atoms. The van der Waals surface area contributed by atoms with Crippen molar-refractivity contribution in [2.75, 3.05) is 25.1 Å². The molecule has 0 N–H and O–H groups in total. The number of pyridine rings is 2. The van der Waals surface area contributed by atoms with E-state index >= 15 is 0 Å². The minimum absolute atomic E-state index is 0.0963. The molecule has 1 fully saturated rings. The van der Waals surface area contributed by atoms with Crippen LogP contribution in [-0.4, -0.2) is 59.3 Å². The standard InChI is InChI=1S/C23H28N4O5/c1-14(2)31-23(29)27-13-19-18(22(27)28)11-15(3)21(25-19)26-9-7-16(8-10-26)32-17-5-6-20(30-4)24-12-17/h5-6,11-12,14,16H,7-10,13H2,1-4H3. The lowest BCUT2D eigenvalue weighted by molar-refractivity contribution is 0.0591. The van der Waals surface area contributed by atoms with Crippen LogP contribution in [-0.2, 0) is 11.3 Å². The zero-order chi connectivity index (χ0) is 22.8. The number of nitrogens with zero attached hydrogens (tertiary/aromatic N) is 4. The molecule has 0 unspecified atom stereocenters. The number of aromatic nitrogens is 2. The molecular formula is C23H28N4O5. The van der Waals surface area contributed by atoms with Crippen molar-refractivity contribution in [2.24, 2.45) is 0 Å². The quantitative estimate of drug-likeness (QED) is 0.699. The zero-order valence-corrected chi connectivity index (χ0v) is 18.8. The van der Waals surface area contributed by atoms with E-state index in [9.17, 15) is 9.59 Å². The molecule has 0 saturated carbocycles. The van der Waals surface area contributed by atoms with E-state index in [1.54, 1.807) is 33.2 Å². The molecule has 2 aromatic heterocycles. The Bertz CT molecular complexity index is 1000. The van der Waals surface area contributed by atoms with E-state index < -0.39 is 6.09 Å². The number of methoxy groups -OCH3 is 1. The summed E-state index contributed by atoms with van der Waals surface area (Å²) in [7, 11) is 1.58. The van der Waals surface area contributed by atoms with E-state index in [2.05, 4.69) is 9.88 Å². The van der Waals surface area contributed by atoms with E-state index in [0.29, 0.717) is 17.1 Å². The van der Waals surface area contributed by atoms with Crippen molar-refractivity contribution in [2.45, 2.75) is 52.4 Å². The van der Waals surface area contributed by atoms with Gasteiger partial charge in [0.15, 0.2) is 0 Å². The minimum atomic E-state index is -0.631. The van der Waals surface area contributed by atoms with E-state index in [0.717, 1.165) is 48.0 Å². The Kier molecular flexibility index (Phi) is 6.16. The summed E-state index contributed by atoms with van der Waals surface area (Å²) in [6, 6.07) is 5.47. The highest BCUT2D eigenvalue weighted by atomic mass is 16.6. The SMILES string of the molecule is COc1ccc(OC2CCN(c3nc4c(cc3C)C(=O)N(C(=O)OC(C)C)C4)CC2)cn1. The van der Waals surface area contributed by atoms with Crippen LogP contribution in [0.3, 0.4) is 0 Å². The van der Waals surface area contributed by atoms with Crippen molar-refractivity contribution in [1.29, 1.82) is 0 Å². The molecular weight excluding hydrogens is 412 g/mol. The van der Waals surface area contributed by atoms with Gasteiger partial charge in [-0.1, -0.05) is 0 Å². The Hall–Kier alpha value is -3.36. The Balaban J connectivity index is 1.40. The van der Waals surface area contributed by atoms with Gasteiger partial charge in [0.25, 0.3) is 5.91 Å². The van der Waals surface area contributed by atoms with Crippen LogP contribution in [0.25, 0.3) is 0 Å². The van der Waals surface area contributed by atoms with Gasteiger partial charge in [-0.2, -0.15) is 0 Å². The highest BCUT2D eigenvalue weighted by molar-refractivity contribution is 6.06. The first-order valence-corrected chi connectivity index (χ1v) is 10.8. The molecule has 0 spiro atoms. The Morgan fingerprint density at radius 3 is 2.59 bits per heavy atom. The number of hydrogen-bond donors (Lipinski definition) is 0. The van der Waals surface area contributed by atoms with Crippen LogP contribution in [0, 0.1) is 6.92 Å². The normalized spacial score (nSPS) is 16.3. The lowest BCUT2D eigenvalue weighted by Gasteiger charge is -2.33. The molecule has 0 radical (unpaired) electrons. The number of ether oxygens (including phenoxy) is 3. The molecule has 170 valence electrons. The number of amides is 2. The molecule has 2 aromatic rings. The molecule has 2 aliphatic heterocycles. The van der Waals surface area contributed by atoms with Gasteiger partial charge < -0.3 is 19.1 Å². The largest absolute Gasteiger partial charge is 0.489 e. The van der Waals surface area contributed by atoms with Gasteiger partial charge in [0.1, 0.15) is 17.7 Å². The average molecular weight is 441 g/mol. The summed E-state index contributed by atoms with van der Waals surface area (Å²) in [4.78, 5) is 37.2. The number of aryl methyl sites for hydroxylation is 1. The maximum absolute atomic E-state index is 12.7. The van der Waals surface area contributed by atoms with E-state index in [1.165, 1.54) is 0 Å². The minimum Gasteiger partial charge on any atom is -0.489 e. The first kappa shape index (κ1) is 21.9. The number of piperidine rings is 1. The molecule has 4 heterocycles. The lowest BCUT2D eigenvalue weighted by Crippen LogP contribution is -2.39. The average Bonchev–Trinajstić information content (AvgIpc) is 3.09. The molecule has 2 amide bonds. The molecule has 0 aliphatic carbocycles. The highest BCUT2D eigenvalue weighted by Crippen LogP contribution is 2.30. The van der Waals surface area contributed by atoms with Crippen molar-refractivity contribution in [3.63, 3.8) is 0 Å². The summed E-state index contributed by atoms with van der Waals surface area (Å²) < 4.78 is 16.3. The third-order valence-electron chi connectivity index (χ3n) is 5.57. The molecule has 0 bridgehead atoms. The van der Waals surface area contributed by atoms with Gasteiger partial charge in [0.2, 0.25) is 5.88 Å². The monoisotopic (exact) mass is 440 g/mol. The van der Waals surface area contributed by atoms with Crippen LogP contribution < -0.4 is 14.4 Å². The fourth-order valence-electron chi connectivity index (χ4n) is 3.98. The summed E-state index contributed by atoms with van der Waals surface area (Å²) in [5.41, 5.74) is 1.99. The van der Waals surface area contributed by atoms with Gasteiger partial charge in [-0.3, -0.25) is 4.79 Å². The first-order chi connectivity index (χ1) is 15.4. The van der Waals surface area contributed by atoms with Crippen molar-refractivity contribution in [1.82, 2.24) is 14.9 Å². The van der Waals surface area contributed by atoms with Crippen LogP contribution in [0.5, 0.6) is 11.6 Å². The fourth-order valence-corrected chi connectivity index (χ4v) is 3.98. The second-order valence-corrected chi connectivity index (χ2v) is 8.29. The third kappa shape index (κ3) is 4.46. The number of imide groups is 1. The molecule has 4 rings (SSSR count). The van der Waals surface area contributed by atoms with Crippen molar-refractivity contribution < 1.29 is 23.8 Å². The maximum atomic E-state index is 12.7. The Morgan fingerprint density at radius 1 is 1.22 bits per heavy atom. The molecule has 1 saturated heterocycles. The maximum Gasteiger partial charge on any atom is 0.417 e. The number of anilines is 1. The molecule has 0 aromatic carbocycles. The van der Waals surface area contributed by atoms with E-state index in [-0.39, 0.29) is 24.7 Å². The van der Waals surface area contributed by atoms with Crippen LogP contribution in [0.1, 0.15) is 48.3 Å². The van der Waals surface area contributed by atoms with Crippen molar-refractivity contribution in [3.05, 3.63) is 41.2 Å². The Morgan fingerprint density at radius 2 is 1.97 bits per heavy atom. The Labute approximate surface area is 187 Å². The number of hydrogen-bond acceptors (Lipinski definition) is 8. The number of rotatable bonds is 5. The summed E-state index contributed by atoms with van der Waals surface area (Å²) in [5, 5.41) is 0. The zero-order valence-electron chi connectivity index (χ0n) is 18.8. The fraction of sp³-hybridized carbons (Fsp3) is 0.478. The smallest absolute Gasteiger partial charge is 0.417 e. The lowest BCUT2D eigenvalue weighted by atomic mass is 10.1. The highest BCUT2D eigenvalue weighted by Gasteiger charge is 2.36. The van der Waals surface area contributed by atoms with Gasteiger partial charge in [-0.25, -0.2) is 19.7 Å². The van der Waals surface area contributed by atoms with Gasteiger partial charge in [-0.15, -0.1) is 0 Å². The summed E-state index contributed by atoms with van der Waals surface area (Å²) >= 11 is 0. The van der Waals surface area contributed by atoms with Crippen molar-refractivity contribution in [3.8, 4) is 11.6 Å². The van der Waals surface area contributed by atoms with Gasteiger partial charge in [0.05, 0.1) is 37.2 Å².